The van der Waals surface area contributed by atoms with Crippen molar-refractivity contribution in [2.75, 3.05) is 20.3 Å². The van der Waals surface area contributed by atoms with Crippen molar-refractivity contribution in [1.82, 2.24) is 0 Å². The molecule has 0 aromatic rings. The van der Waals surface area contributed by atoms with Crippen molar-refractivity contribution >= 4 is 0 Å². The molecule has 1 unspecified atom stereocenters. The average molecular weight is 173 g/mol. The summed E-state index contributed by atoms with van der Waals surface area (Å²) in [4.78, 5) is 0. The van der Waals surface area contributed by atoms with Gasteiger partial charge < -0.3 is 15.2 Å². The lowest BCUT2D eigenvalue weighted by molar-refractivity contribution is -0.0670. The molecule has 12 heavy (non-hydrogen) atoms. The van der Waals surface area contributed by atoms with E-state index in [4.69, 9.17) is 15.2 Å². The van der Waals surface area contributed by atoms with Gasteiger partial charge in [0.05, 0.1) is 18.8 Å². The predicted molar refractivity (Wildman–Crippen MR) is 48.0 cm³/mol. The fourth-order valence-corrected chi connectivity index (χ4v) is 1.34. The van der Waals surface area contributed by atoms with Gasteiger partial charge in [-0.1, -0.05) is 0 Å². The van der Waals surface area contributed by atoms with Crippen molar-refractivity contribution < 1.29 is 9.47 Å². The molecule has 0 spiro atoms. The third-order valence-electron chi connectivity index (χ3n) is 2.49. The predicted octanol–water partition coefficient (Wildman–Crippen LogP) is 0.775. The van der Waals surface area contributed by atoms with Gasteiger partial charge in [0.25, 0.3) is 0 Å². The van der Waals surface area contributed by atoms with Crippen LogP contribution in [0.15, 0.2) is 0 Å². The second-order valence-corrected chi connectivity index (χ2v) is 3.57. The number of nitrogens with two attached hydrogens (primary N) is 1. The Balaban J connectivity index is 1.96. The molecule has 0 bridgehead atoms. The fourth-order valence-electron chi connectivity index (χ4n) is 1.34. The smallest absolute Gasteiger partial charge is 0.0776 e. The van der Waals surface area contributed by atoms with Crippen molar-refractivity contribution in [2.24, 2.45) is 11.7 Å². The standard InChI is InChI=1S/C9H19NO2/c1-7(11-2)6-12-9-3-8(4-9)5-10/h7-9H,3-6,10H2,1-2H3. The van der Waals surface area contributed by atoms with E-state index < -0.39 is 0 Å². The van der Waals surface area contributed by atoms with Gasteiger partial charge in [0, 0.05) is 7.11 Å². The molecule has 0 heterocycles. The van der Waals surface area contributed by atoms with Crippen molar-refractivity contribution in [3.05, 3.63) is 0 Å². The topological polar surface area (TPSA) is 44.5 Å². The fraction of sp³-hybridized carbons (Fsp3) is 1.00. The van der Waals surface area contributed by atoms with Gasteiger partial charge in [0.2, 0.25) is 0 Å². The summed E-state index contributed by atoms with van der Waals surface area (Å²) >= 11 is 0. The van der Waals surface area contributed by atoms with Gasteiger partial charge in [-0.25, -0.2) is 0 Å². The van der Waals surface area contributed by atoms with Crippen LogP contribution in [0.25, 0.3) is 0 Å². The molecule has 0 saturated heterocycles. The van der Waals surface area contributed by atoms with E-state index in [9.17, 15) is 0 Å². The molecule has 1 saturated carbocycles. The van der Waals surface area contributed by atoms with Crippen LogP contribution in [0.3, 0.4) is 0 Å². The highest BCUT2D eigenvalue weighted by atomic mass is 16.5. The average Bonchev–Trinajstić information content (AvgIpc) is 2.01. The van der Waals surface area contributed by atoms with Gasteiger partial charge in [-0.05, 0) is 32.2 Å². The molecule has 0 amide bonds. The molecule has 3 heteroatoms. The van der Waals surface area contributed by atoms with E-state index in [1.807, 2.05) is 6.92 Å². The lowest BCUT2D eigenvalue weighted by Crippen LogP contribution is -2.37. The summed E-state index contributed by atoms with van der Waals surface area (Å²) in [6.07, 6.45) is 2.91. The van der Waals surface area contributed by atoms with E-state index in [-0.39, 0.29) is 6.10 Å². The van der Waals surface area contributed by atoms with Crippen LogP contribution in [0.1, 0.15) is 19.8 Å². The maximum Gasteiger partial charge on any atom is 0.0776 e. The minimum Gasteiger partial charge on any atom is -0.379 e. The summed E-state index contributed by atoms with van der Waals surface area (Å²) in [5, 5.41) is 0. The van der Waals surface area contributed by atoms with Gasteiger partial charge in [0.1, 0.15) is 0 Å². The monoisotopic (exact) mass is 173 g/mol. The van der Waals surface area contributed by atoms with E-state index >= 15 is 0 Å². The minimum atomic E-state index is 0.210. The van der Waals surface area contributed by atoms with Crippen molar-refractivity contribution in [1.29, 1.82) is 0 Å². The van der Waals surface area contributed by atoms with Crippen LogP contribution in [-0.2, 0) is 9.47 Å². The number of rotatable bonds is 5. The Labute approximate surface area is 74.2 Å². The zero-order valence-corrected chi connectivity index (χ0v) is 7.95. The third-order valence-corrected chi connectivity index (χ3v) is 2.49. The normalized spacial score (nSPS) is 31.2. The molecule has 1 fully saturated rings. The van der Waals surface area contributed by atoms with Crippen LogP contribution in [-0.4, -0.2) is 32.5 Å². The lowest BCUT2D eigenvalue weighted by Gasteiger charge is -2.34. The van der Waals surface area contributed by atoms with Crippen LogP contribution < -0.4 is 5.73 Å². The van der Waals surface area contributed by atoms with Gasteiger partial charge in [-0.15, -0.1) is 0 Å². The first kappa shape index (κ1) is 9.96. The molecule has 0 aliphatic heterocycles. The van der Waals surface area contributed by atoms with E-state index in [0.717, 1.165) is 19.4 Å². The lowest BCUT2D eigenvalue weighted by atomic mass is 9.82. The molecule has 1 aliphatic carbocycles. The van der Waals surface area contributed by atoms with Crippen molar-refractivity contribution in [2.45, 2.75) is 32.0 Å². The van der Waals surface area contributed by atoms with Gasteiger partial charge in [-0.2, -0.15) is 0 Å². The molecular weight excluding hydrogens is 154 g/mol. The van der Waals surface area contributed by atoms with Crippen LogP contribution >= 0.6 is 0 Å². The second-order valence-electron chi connectivity index (χ2n) is 3.57. The minimum absolute atomic E-state index is 0.210. The van der Waals surface area contributed by atoms with Gasteiger partial charge in [-0.3, -0.25) is 0 Å². The number of methoxy groups -OCH3 is 1. The van der Waals surface area contributed by atoms with Crippen LogP contribution in [0.5, 0.6) is 0 Å². The molecule has 1 rings (SSSR count). The zero-order chi connectivity index (χ0) is 8.97. The Morgan fingerprint density at radius 2 is 2.17 bits per heavy atom. The molecule has 2 N–H and O–H groups in total. The Bertz CT molecular complexity index is 124. The van der Waals surface area contributed by atoms with Crippen molar-refractivity contribution in [3.63, 3.8) is 0 Å². The first-order valence-corrected chi connectivity index (χ1v) is 4.60. The Morgan fingerprint density at radius 3 is 2.67 bits per heavy atom. The maximum absolute atomic E-state index is 5.58. The van der Waals surface area contributed by atoms with Crippen molar-refractivity contribution in [3.8, 4) is 0 Å². The van der Waals surface area contributed by atoms with E-state index in [2.05, 4.69) is 0 Å². The first-order valence-electron chi connectivity index (χ1n) is 4.60. The summed E-state index contributed by atoms with van der Waals surface area (Å²) < 4.78 is 10.7. The second kappa shape index (κ2) is 4.80. The van der Waals surface area contributed by atoms with E-state index in [1.54, 1.807) is 7.11 Å². The molecule has 1 aliphatic rings. The quantitative estimate of drug-likeness (QED) is 0.668. The summed E-state index contributed by atoms with van der Waals surface area (Å²) in [5.41, 5.74) is 5.50. The highest BCUT2D eigenvalue weighted by molar-refractivity contribution is 4.80. The molecular formula is C9H19NO2. The summed E-state index contributed by atoms with van der Waals surface area (Å²) in [5.74, 6) is 0.702. The Morgan fingerprint density at radius 1 is 1.50 bits per heavy atom. The highest BCUT2D eigenvalue weighted by Crippen LogP contribution is 2.28. The largest absolute Gasteiger partial charge is 0.379 e. The van der Waals surface area contributed by atoms with Crippen LogP contribution in [0.4, 0.5) is 0 Å². The molecule has 0 aromatic heterocycles. The number of hydrogen-bond donors (Lipinski definition) is 1. The summed E-state index contributed by atoms with van der Waals surface area (Å²) in [6.45, 7) is 3.53. The molecule has 0 radical (unpaired) electrons. The molecule has 1 atom stereocenters. The summed E-state index contributed by atoms with van der Waals surface area (Å²) in [7, 11) is 1.71. The Hall–Kier alpha value is -0.120. The SMILES string of the molecule is COC(C)COC1CC(CN)C1. The van der Waals surface area contributed by atoms with Gasteiger partial charge in [0.15, 0.2) is 0 Å². The number of ether oxygens (including phenoxy) is 2. The highest BCUT2D eigenvalue weighted by Gasteiger charge is 2.28. The van der Waals surface area contributed by atoms with E-state index in [1.165, 1.54) is 0 Å². The van der Waals surface area contributed by atoms with E-state index in [0.29, 0.717) is 18.6 Å². The third kappa shape index (κ3) is 2.73. The maximum atomic E-state index is 5.58. The van der Waals surface area contributed by atoms with Crippen LogP contribution in [0, 0.1) is 5.92 Å². The first-order chi connectivity index (χ1) is 5.76. The Kier molecular flexibility index (Phi) is 3.98. The van der Waals surface area contributed by atoms with Gasteiger partial charge >= 0.3 is 0 Å². The number of hydrogen-bond acceptors (Lipinski definition) is 3. The molecule has 0 aromatic carbocycles. The zero-order valence-electron chi connectivity index (χ0n) is 7.95. The summed E-state index contributed by atoms with van der Waals surface area (Å²) in [6, 6.07) is 0. The molecule has 72 valence electrons. The molecule has 3 nitrogen and oxygen atoms in total. The van der Waals surface area contributed by atoms with Crippen LogP contribution in [0.2, 0.25) is 0 Å².